The van der Waals surface area contributed by atoms with E-state index in [9.17, 15) is 10.1 Å². The molecular weight excluding hydrogens is 392 g/mol. The fourth-order valence-corrected chi connectivity index (χ4v) is 3.66. The van der Waals surface area contributed by atoms with Gasteiger partial charge in [0.25, 0.3) is 5.91 Å². The molecule has 0 radical (unpaired) electrons. The molecular formula is C24H24N4O3. The molecule has 1 aliphatic heterocycles. The van der Waals surface area contributed by atoms with Crippen LogP contribution in [0.4, 0.5) is 5.88 Å². The highest BCUT2D eigenvalue weighted by Gasteiger charge is 2.27. The molecule has 158 valence electrons. The molecule has 7 nitrogen and oxygen atoms in total. The van der Waals surface area contributed by atoms with E-state index in [1.807, 2.05) is 60.0 Å². The smallest absolute Gasteiger partial charge is 0.253 e. The highest BCUT2D eigenvalue weighted by molar-refractivity contribution is 5.94. The number of hydrogen-bond donors (Lipinski definition) is 0. The third-order valence-corrected chi connectivity index (χ3v) is 5.25. The van der Waals surface area contributed by atoms with Crippen LogP contribution in [0.15, 0.2) is 52.9 Å². The molecule has 0 aliphatic carbocycles. The fourth-order valence-electron chi connectivity index (χ4n) is 3.66. The largest absolute Gasteiger partial charge is 0.494 e. The molecule has 4 rings (SSSR count). The van der Waals surface area contributed by atoms with E-state index in [1.54, 1.807) is 12.1 Å². The van der Waals surface area contributed by atoms with Crippen LogP contribution in [0.5, 0.6) is 5.75 Å². The summed E-state index contributed by atoms with van der Waals surface area (Å²) in [6.07, 6.45) is 0. The van der Waals surface area contributed by atoms with E-state index in [-0.39, 0.29) is 11.6 Å². The Morgan fingerprint density at radius 3 is 2.55 bits per heavy atom. The molecule has 1 aliphatic rings. The molecule has 1 amide bonds. The minimum Gasteiger partial charge on any atom is -0.494 e. The molecule has 1 aromatic heterocycles. The number of carbonyl (C=O) groups excluding carboxylic acids is 1. The number of rotatable bonds is 5. The topological polar surface area (TPSA) is 82.6 Å². The molecule has 2 aromatic carbocycles. The maximum atomic E-state index is 12.8. The van der Waals surface area contributed by atoms with Crippen molar-refractivity contribution in [1.82, 2.24) is 9.88 Å². The molecule has 0 bridgehead atoms. The van der Waals surface area contributed by atoms with E-state index in [2.05, 4.69) is 11.1 Å². The lowest BCUT2D eigenvalue weighted by molar-refractivity contribution is 0.0745. The summed E-state index contributed by atoms with van der Waals surface area (Å²) in [5, 5.41) is 9.54. The Balaban J connectivity index is 1.45. The third-order valence-electron chi connectivity index (χ3n) is 5.25. The SMILES string of the molecule is CCOc1ccc(C(=O)N2CCN(c3oc(-c4cccc(C)c4)nc3C#N)CC2)cc1. The van der Waals surface area contributed by atoms with Gasteiger partial charge in [-0.2, -0.15) is 10.2 Å². The van der Waals surface area contributed by atoms with Crippen LogP contribution in [-0.2, 0) is 0 Å². The van der Waals surface area contributed by atoms with Crippen molar-refractivity contribution in [3.63, 3.8) is 0 Å². The van der Waals surface area contributed by atoms with Gasteiger partial charge in [0, 0.05) is 37.3 Å². The molecule has 0 spiro atoms. The van der Waals surface area contributed by atoms with E-state index in [4.69, 9.17) is 9.15 Å². The van der Waals surface area contributed by atoms with Crippen LogP contribution >= 0.6 is 0 Å². The first kappa shape index (κ1) is 20.5. The van der Waals surface area contributed by atoms with Crippen LogP contribution in [0.25, 0.3) is 11.5 Å². The maximum absolute atomic E-state index is 12.8. The monoisotopic (exact) mass is 416 g/mol. The highest BCUT2D eigenvalue weighted by atomic mass is 16.5. The number of anilines is 1. The molecule has 0 N–H and O–H groups in total. The number of piperazine rings is 1. The van der Waals surface area contributed by atoms with Crippen LogP contribution < -0.4 is 9.64 Å². The minimum absolute atomic E-state index is 0.0128. The molecule has 1 fully saturated rings. The van der Waals surface area contributed by atoms with E-state index in [0.717, 1.165) is 16.9 Å². The first-order chi connectivity index (χ1) is 15.1. The van der Waals surface area contributed by atoms with E-state index in [0.29, 0.717) is 50.1 Å². The molecule has 0 atom stereocenters. The normalized spacial score (nSPS) is 13.7. The third kappa shape index (κ3) is 4.38. The highest BCUT2D eigenvalue weighted by Crippen LogP contribution is 2.29. The predicted molar refractivity (Wildman–Crippen MR) is 117 cm³/mol. The number of aromatic nitrogens is 1. The predicted octanol–water partition coefficient (Wildman–Crippen LogP) is 3.88. The number of nitrogens with zero attached hydrogens (tertiary/aromatic N) is 4. The Morgan fingerprint density at radius 2 is 1.90 bits per heavy atom. The van der Waals surface area contributed by atoms with Crippen molar-refractivity contribution in [2.24, 2.45) is 0 Å². The first-order valence-corrected chi connectivity index (χ1v) is 10.3. The number of amides is 1. The van der Waals surface area contributed by atoms with Gasteiger partial charge in [0.2, 0.25) is 17.5 Å². The number of ether oxygens (including phenoxy) is 1. The Morgan fingerprint density at radius 1 is 1.16 bits per heavy atom. The molecule has 0 unspecified atom stereocenters. The number of aryl methyl sites for hydroxylation is 1. The quantitative estimate of drug-likeness (QED) is 0.628. The number of nitriles is 1. The van der Waals surface area contributed by atoms with Crippen LogP contribution in [0, 0.1) is 18.3 Å². The summed E-state index contributed by atoms with van der Waals surface area (Å²) in [6.45, 7) is 6.73. The van der Waals surface area contributed by atoms with Gasteiger partial charge in [-0.1, -0.05) is 17.7 Å². The van der Waals surface area contributed by atoms with E-state index in [1.165, 1.54) is 0 Å². The number of oxazole rings is 1. The average Bonchev–Trinajstić information content (AvgIpc) is 3.24. The summed E-state index contributed by atoms with van der Waals surface area (Å²) in [5.74, 6) is 1.64. The van der Waals surface area contributed by atoms with Gasteiger partial charge in [-0.05, 0) is 50.2 Å². The average molecular weight is 416 g/mol. The van der Waals surface area contributed by atoms with Crippen molar-refractivity contribution in [3.8, 4) is 23.3 Å². The summed E-state index contributed by atoms with van der Waals surface area (Å²) in [6, 6.07) is 17.2. The van der Waals surface area contributed by atoms with Crippen LogP contribution in [0.1, 0.15) is 28.5 Å². The Hall–Kier alpha value is -3.79. The lowest BCUT2D eigenvalue weighted by atomic mass is 10.1. The zero-order chi connectivity index (χ0) is 21.8. The summed E-state index contributed by atoms with van der Waals surface area (Å²) < 4.78 is 11.4. The molecule has 31 heavy (non-hydrogen) atoms. The van der Waals surface area contributed by atoms with Gasteiger partial charge < -0.3 is 19.0 Å². The van der Waals surface area contributed by atoms with E-state index >= 15 is 0 Å². The summed E-state index contributed by atoms with van der Waals surface area (Å²) >= 11 is 0. The number of hydrogen-bond acceptors (Lipinski definition) is 6. The Kier molecular flexibility index (Phi) is 5.89. The van der Waals surface area contributed by atoms with Gasteiger partial charge in [0.1, 0.15) is 11.8 Å². The second-order valence-electron chi connectivity index (χ2n) is 7.39. The van der Waals surface area contributed by atoms with E-state index < -0.39 is 0 Å². The zero-order valence-electron chi connectivity index (χ0n) is 17.7. The van der Waals surface area contributed by atoms with Gasteiger partial charge >= 0.3 is 0 Å². The van der Waals surface area contributed by atoms with Crippen LogP contribution in [0.2, 0.25) is 0 Å². The van der Waals surface area contributed by atoms with Crippen molar-refractivity contribution in [3.05, 3.63) is 65.4 Å². The fraction of sp³-hybridized carbons (Fsp3) is 0.292. The van der Waals surface area contributed by atoms with Gasteiger partial charge in [0.05, 0.1) is 6.61 Å². The Bertz CT molecular complexity index is 1110. The molecule has 7 heteroatoms. The molecule has 2 heterocycles. The standard InChI is InChI=1S/C24H24N4O3/c1-3-30-20-9-7-18(8-10-20)23(29)27-11-13-28(14-12-27)24-21(16-25)26-22(31-24)19-6-4-5-17(2)15-19/h4-10,15H,3,11-14H2,1-2H3. The van der Waals surface area contributed by atoms with Gasteiger partial charge in [-0.15, -0.1) is 0 Å². The molecule has 0 saturated carbocycles. The minimum atomic E-state index is -0.0128. The van der Waals surface area contributed by atoms with Crippen molar-refractivity contribution in [1.29, 1.82) is 5.26 Å². The zero-order valence-corrected chi connectivity index (χ0v) is 17.7. The Labute approximate surface area is 181 Å². The van der Waals surface area contributed by atoms with Crippen molar-refractivity contribution >= 4 is 11.8 Å². The summed E-state index contributed by atoms with van der Waals surface area (Å²) in [7, 11) is 0. The maximum Gasteiger partial charge on any atom is 0.253 e. The lowest BCUT2D eigenvalue weighted by Crippen LogP contribution is -2.48. The van der Waals surface area contributed by atoms with Crippen LogP contribution in [-0.4, -0.2) is 48.6 Å². The van der Waals surface area contributed by atoms with Crippen molar-refractivity contribution in [2.75, 3.05) is 37.7 Å². The number of benzene rings is 2. The first-order valence-electron chi connectivity index (χ1n) is 10.3. The summed E-state index contributed by atoms with van der Waals surface area (Å²) in [4.78, 5) is 21.0. The number of carbonyl (C=O) groups is 1. The van der Waals surface area contributed by atoms with Crippen LogP contribution in [0.3, 0.4) is 0 Å². The second-order valence-corrected chi connectivity index (χ2v) is 7.39. The second kappa shape index (κ2) is 8.92. The van der Waals surface area contributed by atoms with Gasteiger partial charge in [-0.25, -0.2) is 0 Å². The molecule has 1 saturated heterocycles. The van der Waals surface area contributed by atoms with Gasteiger partial charge in [-0.3, -0.25) is 4.79 Å². The van der Waals surface area contributed by atoms with Crippen molar-refractivity contribution < 1.29 is 13.9 Å². The lowest BCUT2D eigenvalue weighted by Gasteiger charge is -2.34. The summed E-state index contributed by atoms with van der Waals surface area (Å²) in [5.41, 5.74) is 2.84. The van der Waals surface area contributed by atoms with Gasteiger partial charge in [0.15, 0.2) is 0 Å². The molecule has 3 aromatic rings. The van der Waals surface area contributed by atoms with Crippen molar-refractivity contribution in [2.45, 2.75) is 13.8 Å².